The van der Waals surface area contributed by atoms with Crippen LogP contribution in [0.1, 0.15) is 6.92 Å². The van der Waals surface area contributed by atoms with Crippen molar-refractivity contribution in [3.63, 3.8) is 0 Å². The fourth-order valence-electron chi connectivity index (χ4n) is 0.0907. The molecule has 0 aliphatic heterocycles. The van der Waals surface area contributed by atoms with Crippen LogP contribution in [0.5, 0.6) is 0 Å². The van der Waals surface area contributed by atoms with Crippen LogP contribution in [0.25, 0.3) is 0 Å². The van der Waals surface area contributed by atoms with Gasteiger partial charge in [-0.1, -0.05) is 6.92 Å². The fourth-order valence-corrected chi connectivity index (χ4v) is 0.0907. The zero-order valence-corrected chi connectivity index (χ0v) is 4.29. The highest BCUT2D eigenvalue weighted by atomic mass is 16.3. The molecule has 0 spiro atoms. The van der Waals surface area contributed by atoms with Gasteiger partial charge in [0.25, 0.3) is 0 Å². The van der Waals surface area contributed by atoms with E-state index in [0.29, 0.717) is 6.29 Å². The maximum atomic E-state index is 9.75. The first-order valence-corrected chi connectivity index (χ1v) is 2.15. The molecule has 2 nitrogen and oxygen atoms in total. The van der Waals surface area contributed by atoms with Gasteiger partial charge in [-0.2, -0.15) is 0 Å². The molecule has 2 atom stereocenters. The van der Waals surface area contributed by atoms with Crippen molar-refractivity contribution in [1.82, 2.24) is 0 Å². The first-order valence-electron chi connectivity index (χ1n) is 2.15. The molecule has 0 aliphatic carbocycles. The highest BCUT2D eigenvalue weighted by Crippen LogP contribution is 1.94. The van der Waals surface area contributed by atoms with Gasteiger partial charge in [0, 0.05) is 5.92 Å². The molecule has 0 amide bonds. The Labute approximate surface area is 43.2 Å². The van der Waals surface area contributed by atoms with Crippen LogP contribution in [0.2, 0.25) is 0 Å². The molecule has 2 unspecified atom stereocenters. The maximum Gasteiger partial charge on any atom is 0.125 e. The average molecular weight is 101 g/mol. The lowest BCUT2D eigenvalue weighted by molar-refractivity contribution is -0.112. The van der Waals surface area contributed by atoms with E-state index in [4.69, 9.17) is 5.11 Å². The Kier molecular flexibility index (Phi) is 2.60. The second-order valence-electron chi connectivity index (χ2n) is 1.56. The van der Waals surface area contributed by atoms with E-state index in [2.05, 4.69) is 6.92 Å². The largest absolute Gasteiger partial charge is 0.392 e. The molecular formula is C5H9O2. The Morgan fingerprint density at radius 3 is 2.29 bits per heavy atom. The van der Waals surface area contributed by atoms with Crippen LogP contribution in [-0.2, 0) is 4.79 Å². The van der Waals surface area contributed by atoms with Crippen molar-refractivity contribution in [3.05, 3.63) is 6.92 Å². The highest BCUT2D eigenvalue weighted by Gasteiger charge is 2.04. The Hall–Kier alpha value is -0.370. The summed E-state index contributed by atoms with van der Waals surface area (Å²) in [6.45, 7) is 4.85. The predicted octanol–water partition coefficient (Wildman–Crippen LogP) is 0.0164. The summed E-state index contributed by atoms with van der Waals surface area (Å²) in [5.74, 6) is -0.333. The van der Waals surface area contributed by atoms with E-state index < -0.39 is 6.10 Å². The molecule has 0 heterocycles. The first-order chi connectivity index (χ1) is 3.18. The molecule has 0 saturated carbocycles. The number of aliphatic hydroxyl groups is 1. The SMILES string of the molecule is [CH2]C(O)C(C)C=O. The van der Waals surface area contributed by atoms with Crippen LogP contribution in [0, 0.1) is 12.8 Å². The number of hydrogen-bond donors (Lipinski definition) is 1. The van der Waals surface area contributed by atoms with E-state index >= 15 is 0 Å². The summed E-state index contributed by atoms with van der Waals surface area (Å²) in [6.07, 6.45) is -0.0741. The standard InChI is InChI=1S/C5H9O2/c1-4(3-6)5(2)7/h3-5,7H,2H2,1H3. The Balaban J connectivity index is 3.33. The first kappa shape index (κ1) is 6.63. The van der Waals surface area contributed by atoms with Gasteiger partial charge in [0.1, 0.15) is 6.29 Å². The minimum atomic E-state index is -0.752. The van der Waals surface area contributed by atoms with Gasteiger partial charge in [0.15, 0.2) is 0 Å². The predicted molar refractivity (Wildman–Crippen MR) is 26.6 cm³/mol. The van der Waals surface area contributed by atoms with Crippen LogP contribution in [0.4, 0.5) is 0 Å². The number of rotatable bonds is 2. The van der Waals surface area contributed by atoms with Crippen molar-refractivity contribution in [1.29, 1.82) is 0 Å². The molecule has 1 N–H and O–H groups in total. The number of carbonyl (C=O) groups excluding carboxylic acids is 1. The summed E-state index contributed by atoms with van der Waals surface area (Å²) >= 11 is 0. The van der Waals surface area contributed by atoms with Crippen molar-refractivity contribution in [2.75, 3.05) is 0 Å². The summed E-state index contributed by atoms with van der Waals surface area (Å²) in [7, 11) is 0. The molecule has 0 rings (SSSR count). The van der Waals surface area contributed by atoms with Gasteiger partial charge in [-0.05, 0) is 6.92 Å². The molecule has 0 aliphatic rings. The molecule has 0 saturated heterocycles. The van der Waals surface area contributed by atoms with Crippen LogP contribution in [0.3, 0.4) is 0 Å². The van der Waals surface area contributed by atoms with E-state index in [-0.39, 0.29) is 5.92 Å². The van der Waals surface area contributed by atoms with Crippen molar-refractivity contribution >= 4 is 6.29 Å². The molecule has 0 aromatic carbocycles. The van der Waals surface area contributed by atoms with Crippen molar-refractivity contribution in [2.45, 2.75) is 13.0 Å². The number of aliphatic hydroxyl groups excluding tert-OH is 1. The normalized spacial score (nSPS) is 18.1. The summed E-state index contributed by atoms with van der Waals surface area (Å²) in [5.41, 5.74) is 0. The quantitative estimate of drug-likeness (QED) is 0.498. The van der Waals surface area contributed by atoms with Gasteiger partial charge in [-0.25, -0.2) is 0 Å². The number of carbonyl (C=O) groups is 1. The molecule has 0 fully saturated rings. The minimum Gasteiger partial charge on any atom is -0.392 e. The minimum absolute atomic E-state index is 0.333. The summed E-state index contributed by atoms with van der Waals surface area (Å²) in [5, 5.41) is 8.48. The van der Waals surface area contributed by atoms with Crippen LogP contribution < -0.4 is 0 Å². The van der Waals surface area contributed by atoms with Gasteiger partial charge in [0.2, 0.25) is 0 Å². The van der Waals surface area contributed by atoms with Crippen LogP contribution in [-0.4, -0.2) is 17.5 Å². The van der Waals surface area contributed by atoms with E-state index in [9.17, 15) is 4.79 Å². The molecule has 41 valence electrons. The van der Waals surface area contributed by atoms with Crippen molar-refractivity contribution < 1.29 is 9.90 Å². The zero-order valence-electron chi connectivity index (χ0n) is 4.29. The van der Waals surface area contributed by atoms with Gasteiger partial charge >= 0.3 is 0 Å². The second kappa shape index (κ2) is 2.75. The number of aldehydes is 1. The summed E-state index contributed by atoms with van der Waals surface area (Å²) in [4.78, 5) is 9.75. The van der Waals surface area contributed by atoms with Crippen molar-refractivity contribution in [3.8, 4) is 0 Å². The Morgan fingerprint density at radius 2 is 2.29 bits per heavy atom. The topological polar surface area (TPSA) is 37.3 Å². The Morgan fingerprint density at radius 1 is 1.86 bits per heavy atom. The molecule has 0 aromatic rings. The molecule has 7 heavy (non-hydrogen) atoms. The van der Waals surface area contributed by atoms with Gasteiger partial charge in [-0.15, -0.1) is 0 Å². The van der Waals surface area contributed by atoms with E-state index in [1.165, 1.54) is 0 Å². The van der Waals surface area contributed by atoms with Gasteiger partial charge in [-0.3, -0.25) is 0 Å². The molecule has 1 radical (unpaired) electrons. The van der Waals surface area contributed by atoms with Crippen LogP contribution in [0.15, 0.2) is 0 Å². The zero-order chi connectivity index (χ0) is 5.86. The number of hydrogen-bond acceptors (Lipinski definition) is 2. The second-order valence-corrected chi connectivity index (χ2v) is 1.56. The summed E-state index contributed by atoms with van der Waals surface area (Å²) < 4.78 is 0. The molecular weight excluding hydrogens is 92.1 g/mol. The fraction of sp³-hybridized carbons (Fsp3) is 0.600. The molecule has 0 bridgehead atoms. The summed E-state index contributed by atoms with van der Waals surface area (Å²) in [6, 6.07) is 0. The van der Waals surface area contributed by atoms with Crippen LogP contribution >= 0.6 is 0 Å². The van der Waals surface area contributed by atoms with E-state index in [0.717, 1.165) is 0 Å². The third kappa shape index (κ3) is 2.34. The Bertz CT molecular complexity index is 59.1. The smallest absolute Gasteiger partial charge is 0.125 e. The molecule has 2 heteroatoms. The van der Waals surface area contributed by atoms with E-state index in [1.54, 1.807) is 6.92 Å². The third-order valence-corrected chi connectivity index (χ3v) is 0.822. The third-order valence-electron chi connectivity index (χ3n) is 0.822. The molecule has 0 aromatic heterocycles. The lowest BCUT2D eigenvalue weighted by Gasteiger charge is -2.03. The lowest BCUT2D eigenvalue weighted by Crippen LogP contribution is -2.13. The van der Waals surface area contributed by atoms with Gasteiger partial charge < -0.3 is 9.90 Å². The lowest BCUT2D eigenvalue weighted by atomic mass is 10.1. The van der Waals surface area contributed by atoms with Gasteiger partial charge in [0.05, 0.1) is 6.10 Å². The maximum absolute atomic E-state index is 9.75. The highest BCUT2D eigenvalue weighted by molar-refractivity contribution is 5.53. The van der Waals surface area contributed by atoms with Crippen molar-refractivity contribution in [2.24, 2.45) is 5.92 Å². The van der Waals surface area contributed by atoms with E-state index in [1.807, 2.05) is 0 Å². The average Bonchev–Trinajstić information content (AvgIpc) is 1.65. The monoisotopic (exact) mass is 101 g/mol.